The number of hydrogen-bond donors (Lipinski definition) is 0. The SMILES string of the molecule is CCOc1nc(C(CS(C)(=O)=O)n2c(=O)n(C)c3cc(-c4cccc(C)c4C)cnc32)ccc1OC. The Morgan fingerprint density at radius 2 is 1.89 bits per heavy atom. The second-order valence-corrected chi connectivity index (χ2v) is 11.0. The summed E-state index contributed by atoms with van der Waals surface area (Å²) in [5.41, 5.74) is 5.12. The minimum Gasteiger partial charge on any atom is -0.491 e. The van der Waals surface area contributed by atoms with Crippen molar-refractivity contribution < 1.29 is 17.9 Å². The average molecular weight is 511 g/mol. The van der Waals surface area contributed by atoms with E-state index in [1.165, 1.54) is 16.2 Å². The molecule has 1 atom stereocenters. The maximum Gasteiger partial charge on any atom is 0.330 e. The van der Waals surface area contributed by atoms with E-state index in [1.807, 2.05) is 45.0 Å². The summed E-state index contributed by atoms with van der Waals surface area (Å²) < 4.78 is 38.7. The lowest BCUT2D eigenvalue weighted by Gasteiger charge is -2.19. The first-order valence-electron chi connectivity index (χ1n) is 11.5. The van der Waals surface area contributed by atoms with Gasteiger partial charge < -0.3 is 9.47 Å². The molecule has 10 heteroatoms. The van der Waals surface area contributed by atoms with Crippen molar-refractivity contribution in [3.8, 4) is 22.8 Å². The third-order valence-electron chi connectivity index (χ3n) is 6.31. The lowest BCUT2D eigenvalue weighted by molar-refractivity contribution is 0.296. The van der Waals surface area contributed by atoms with Gasteiger partial charge in [0.05, 0.1) is 36.7 Å². The first-order chi connectivity index (χ1) is 17.1. The van der Waals surface area contributed by atoms with Gasteiger partial charge in [0.1, 0.15) is 9.84 Å². The molecule has 36 heavy (non-hydrogen) atoms. The summed E-state index contributed by atoms with van der Waals surface area (Å²) in [6.45, 7) is 6.26. The van der Waals surface area contributed by atoms with Crippen LogP contribution in [0, 0.1) is 13.8 Å². The van der Waals surface area contributed by atoms with Gasteiger partial charge in [0, 0.05) is 25.1 Å². The summed E-state index contributed by atoms with van der Waals surface area (Å²) in [6.07, 6.45) is 2.85. The number of ether oxygens (including phenoxy) is 2. The van der Waals surface area contributed by atoms with Gasteiger partial charge in [-0.25, -0.2) is 23.2 Å². The van der Waals surface area contributed by atoms with Crippen LogP contribution in [0.2, 0.25) is 0 Å². The number of methoxy groups -OCH3 is 1. The van der Waals surface area contributed by atoms with Gasteiger partial charge in [0.2, 0.25) is 0 Å². The number of fused-ring (bicyclic) bond motifs is 1. The van der Waals surface area contributed by atoms with E-state index < -0.39 is 15.9 Å². The van der Waals surface area contributed by atoms with Crippen LogP contribution >= 0.6 is 0 Å². The van der Waals surface area contributed by atoms with E-state index in [2.05, 4.69) is 9.97 Å². The third kappa shape index (κ3) is 4.73. The summed E-state index contributed by atoms with van der Waals surface area (Å²) in [5, 5.41) is 0. The van der Waals surface area contributed by atoms with E-state index >= 15 is 0 Å². The number of aryl methyl sites for hydroxylation is 2. The fourth-order valence-corrected chi connectivity index (χ4v) is 5.22. The van der Waals surface area contributed by atoms with Gasteiger partial charge in [-0.2, -0.15) is 0 Å². The molecule has 0 aliphatic carbocycles. The summed E-state index contributed by atoms with van der Waals surface area (Å²) in [7, 11) is -0.354. The normalized spacial score (nSPS) is 12.6. The van der Waals surface area contributed by atoms with Crippen LogP contribution in [0.25, 0.3) is 22.3 Å². The van der Waals surface area contributed by atoms with Crippen molar-refractivity contribution in [2.45, 2.75) is 26.8 Å². The van der Waals surface area contributed by atoms with Gasteiger partial charge in [0.25, 0.3) is 5.88 Å². The molecule has 1 unspecified atom stereocenters. The Morgan fingerprint density at radius 1 is 1.14 bits per heavy atom. The number of pyridine rings is 2. The number of imidazole rings is 1. The average Bonchev–Trinajstić information content (AvgIpc) is 3.08. The van der Waals surface area contributed by atoms with E-state index in [0.29, 0.717) is 29.2 Å². The number of nitrogens with zero attached hydrogens (tertiary/aromatic N) is 4. The van der Waals surface area contributed by atoms with E-state index in [1.54, 1.807) is 25.4 Å². The molecule has 0 fully saturated rings. The highest BCUT2D eigenvalue weighted by Gasteiger charge is 2.28. The fourth-order valence-electron chi connectivity index (χ4n) is 4.33. The van der Waals surface area contributed by atoms with E-state index in [-0.39, 0.29) is 17.3 Å². The molecule has 9 nitrogen and oxygen atoms in total. The Labute approximate surface area is 210 Å². The van der Waals surface area contributed by atoms with Crippen LogP contribution in [-0.4, -0.2) is 53.2 Å². The Morgan fingerprint density at radius 3 is 2.56 bits per heavy atom. The van der Waals surface area contributed by atoms with Crippen LogP contribution in [0.15, 0.2) is 47.4 Å². The molecule has 0 amide bonds. The summed E-state index contributed by atoms with van der Waals surface area (Å²) in [6, 6.07) is 10.3. The maximum absolute atomic E-state index is 13.5. The molecule has 3 aromatic heterocycles. The van der Waals surface area contributed by atoms with Crippen molar-refractivity contribution in [3.05, 3.63) is 69.9 Å². The van der Waals surface area contributed by atoms with Crippen molar-refractivity contribution in [3.63, 3.8) is 0 Å². The minimum atomic E-state index is -3.51. The molecule has 0 bridgehead atoms. The monoisotopic (exact) mass is 510 g/mol. The topological polar surface area (TPSA) is 105 Å². The molecule has 0 N–H and O–H groups in total. The van der Waals surface area contributed by atoms with Gasteiger partial charge in [0.15, 0.2) is 11.4 Å². The molecule has 0 radical (unpaired) electrons. The molecule has 4 rings (SSSR count). The highest BCUT2D eigenvalue weighted by Crippen LogP contribution is 2.31. The zero-order valence-electron chi connectivity index (χ0n) is 21.3. The first kappa shape index (κ1) is 25.4. The molecule has 3 heterocycles. The van der Waals surface area contributed by atoms with Crippen LogP contribution < -0.4 is 15.2 Å². The lowest BCUT2D eigenvalue weighted by Crippen LogP contribution is -2.31. The molecule has 190 valence electrons. The number of benzene rings is 1. The number of hydrogen-bond acceptors (Lipinski definition) is 7. The molecular weight excluding hydrogens is 480 g/mol. The van der Waals surface area contributed by atoms with Crippen molar-refractivity contribution >= 4 is 21.0 Å². The molecule has 0 spiro atoms. The van der Waals surface area contributed by atoms with E-state index in [0.717, 1.165) is 28.5 Å². The van der Waals surface area contributed by atoms with E-state index in [9.17, 15) is 13.2 Å². The zero-order valence-corrected chi connectivity index (χ0v) is 22.1. The lowest BCUT2D eigenvalue weighted by atomic mass is 9.98. The Hall–Kier alpha value is -3.66. The predicted octanol–water partition coefficient (Wildman–Crippen LogP) is 3.46. The van der Waals surface area contributed by atoms with Crippen molar-refractivity contribution in [2.24, 2.45) is 7.05 Å². The standard InChI is InChI=1S/C26H30N4O5S/c1-7-35-25-23(34-5)12-11-20(28-25)22(15-36(6,32)33)30-24-21(29(4)26(30)31)13-18(14-27-24)19-10-8-9-16(2)17(19)3/h8-14,22H,7,15H2,1-6H3. The maximum atomic E-state index is 13.5. The first-order valence-corrected chi connectivity index (χ1v) is 13.6. The minimum absolute atomic E-state index is 0.231. The van der Waals surface area contributed by atoms with Crippen molar-refractivity contribution in [1.29, 1.82) is 0 Å². The van der Waals surface area contributed by atoms with Gasteiger partial charge >= 0.3 is 5.69 Å². The van der Waals surface area contributed by atoms with Crippen LogP contribution in [0.1, 0.15) is 29.8 Å². The number of aromatic nitrogens is 4. The summed E-state index contributed by atoms with van der Waals surface area (Å²) in [5.74, 6) is 0.312. The third-order valence-corrected chi connectivity index (χ3v) is 7.23. The second-order valence-electron chi connectivity index (χ2n) is 8.81. The smallest absolute Gasteiger partial charge is 0.330 e. The van der Waals surface area contributed by atoms with E-state index in [4.69, 9.17) is 9.47 Å². The fraction of sp³-hybridized carbons (Fsp3) is 0.346. The van der Waals surface area contributed by atoms with Crippen LogP contribution in [-0.2, 0) is 16.9 Å². The largest absolute Gasteiger partial charge is 0.491 e. The molecule has 0 aliphatic rings. The van der Waals surface area contributed by atoms with Gasteiger partial charge in [-0.05, 0) is 55.7 Å². The number of rotatable bonds is 8. The van der Waals surface area contributed by atoms with Crippen molar-refractivity contribution in [2.75, 3.05) is 25.7 Å². The van der Waals surface area contributed by atoms with Gasteiger partial charge in [-0.3, -0.25) is 9.13 Å². The molecule has 0 saturated carbocycles. The molecule has 0 saturated heterocycles. The molecule has 1 aromatic carbocycles. The Kier molecular flexibility index (Phi) is 6.90. The quantitative estimate of drug-likeness (QED) is 0.357. The molecule has 0 aliphatic heterocycles. The second kappa shape index (κ2) is 9.77. The van der Waals surface area contributed by atoms with Gasteiger partial charge in [-0.1, -0.05) is 18.2 Å². The summed E-state index contributed by atoms with van der Waals surface area (Å²) >= 11 is 0. The van der Waals surface area contributed by atoms with Crippen LogP contribution in [0.4, 0.5) is 0 Å². The van der Waals surface area contributed by atoms with Crippen molar-refractivity contribution in [1.82, 2.24) is 19.1 Å². The van der Waals surface area contributed by atoms with Crippen LogP contribution in [0.5, 0.6) is 11.6 Å². The highest BCUT2D eigenvalue weighted by atomic mass is 32.2. The van der Waals surface area contributed by atoms with Gasteiger partial charge in [-0.15, -0.1) is 0 Å². The Balaban J connectivity index is 1.94. The zero-order chi connectivity index (χ0) is 26.2. The summed E-state index contributed by atoms with van der Waals surface area (Å²) in [4.78, 5) is 22.7. The van der Waals surface area contributed by atoms with Crippen LogP contribution in [0.3, 0.4) is 0 Å². The highest BCUT2D eigenvalue weighted by molar-refractivity contribution is 7.90. The molecular formula is C26H30N4O5S. The Bertz CT molecular complexity index is 1600. The molecule has 4 aromatic rings. The predicted molar refractivity (Wildman–Crippen MR) is 140 cm³/mol. The number of sulfone groups is 1.